The van der Waals surface area contributed by atoms with Crippen LogP contribution in [0.2, 0.25) is 0 Å². The molecule has 7 N–H and O–H groups in total. The molecule has 0 radical (unpaired) electrons. The van der Waals surface area contributed by atoms with Crippen LogP contribution < -0.4 is 0 Å². The number of aliphatic hydroxyl groups excluding tert-OH is 6. The Morgan fingerprint density at radius 1 is 0.830 bits per heavy atom. The summed E-state index contributed by atoms with van der Waals surface area (Å²) in [6.07, 6.45) is -1.79. The van der Waals surface area contributed by atoms with E-state index >= 15 is 0 Å². The molecule has 18 atom stereocenters. The smallest absolute Gasteiger partial charge is 0.310 e. The Morgan fingerprint density at radius 3 is 2.21 bits per heavy atom. The second-order valence-corrected chi connectivity index (χ2v) is 20.0. The van der Waals surface area contributed by atoms with E-state index in [1.807, 2.05) is 0 Å². The summed E-state index contributed by atoms with van der Waals surface area (Å²) in [5, 5.41) is 74.9. The summed E-state index contributed by atoms with van der Waals surface area (Å²) in [5.41, 5.74) is -0.239. The van der Waals surface area contributed by atoms with Gasteiger partial charge in [0.2, 0.25) is 0 Å². The molecule has 12 heteroatoms. The summed E-state index contributed by atoms with van der Waals surface area (Å²) >= 11 is 0. The van der Waals surface area contributed by atoms with Gasteiger partial charge < -0.3 is 54.7 Å². The molecule has 12 nitrogen and oxygen atoms in total. The Balaban J connectivity index is 1.15. The van der Waals surface area contributed by atoms with E-state index in [1.54, 1.807) is 0 Å². The number of rotatable bonds is 6. The van der Waals surface area contributed by atoms with E-state index in [2.05, 4.69) is 47.6 Å². The number of carboxylic acid groups (broad SMARTS) is 1. The summed E-state index contributed by atoms with van der Waals surface area (Å²) in [5.74, 6) is -0.194. The number of aliphatic carboxylic acids is 1. The first-order valence-corrected chi connectivity index (χ1v) is 20.2. The minimum Gasteiger partial charge on any atom is -0.481 e. The number of fused-ring (bicyclic) bond motifs is 7. The van der Waals surface area contributed by atoms with Crippen LogP contribution in [-0.2, 0) is 23.7 Å². The summed E-state index contributed by atoms with van der Waals surface area (Å²) < 4.78 is 24.3. The Morgan fingerprint density at radius 2 is 1.53 bits per heavy atom. The van der Waals surface area contributed by atoms with Gasteiger partial charge in [-0.3, -0.25) is 4.79 Å². The lowest BCUT2D eigenvalue weighted by atomic mass is 9.33. The number of aliphatic hydroxyl groups is 6. The molecule has 0 aromatic heterocycles. The second-order valence-electron chi connectivity index (χ2n) is 20.0. The van der Waals surface area contributed by atoms with Crippen LogP contribution >= 0.6 is 0 Å². The molecule has 5 aliphatic carbocycles. The average molecular weight is 751 g/mol. The summed E-state index contributed by atoms with van der Waals surface area (Å²) in [4.78, 5) is 13.0. The van der Waals surface area contributed by atoms with Crippen LogP contribution in [0.3, 0.4) is 0 Å². The van der Waals surface area contributed by atoms with Gasteiger partial charge in [0.05, 0.1) is 30.8 Å². The minimum absolute atomic E-state index is 0.0360. The van der Waals surface area contributed by atoms with Gasteiger partial charge in [-0.1, -0.05) is 53.2 Å². The van der Waals surface area contributed by atoms with Gasteiger partial charge in [0.1, 0.15) is 36.6 Å². The third kappa shape index (κ3) is 5.85. The first kappa shape index (κ1) is 40.0. The third-order valence-corrected chi connectivity index (χ3v) is 17.0. The van der Waals surface area contributed by atoms with Crippen molar-refractivity contribution in [3.63, 3.8) is 0 Å². The molecule has 4 saturated carbocycles. The third-order valence-electron chi connectivity index (χ3n) is 17.0. The first-order chi connectivity index (χ1) is 24.7. The highest BCUT2D eigenvalue weighted by Crippen LogP contribution is 2.76. The van der Waals surface area contributed by atoms with Gasteiger partial charge in [0, 0.05) is 5.41 Å². The van der Waals surface area contributed by atoms with Gasteiger partial charge in [-0.15, -0.1) is 0 Å². The van der Waals surface area contributed by atoms with E-state index < -0.39 is 78.2 Å². The van der Waals surface area contributed by atoms with E-state index in [-0.39, 0.29) is 46.7 Å². The monoisotopic (exact) mass is 750 g/mol. The van der Waals surface area contributed by atoms with E-state index in [0.29, 0.717) is 18.8 Å². The van der Waals surface area contributed by atoms with Crippen LogP contribution in [-0.4, -0.2) is 116 Å². The van der Waals surface area contributed by atoms with Crippen molar-refractivity contribution in [2.45, 2.75) is 174 Å². The maximum absolute atomic E-state index is 13.0. The number of allylic oxidation sites excluding steroid dienone is 2. The molecule has 0 amide bonds. The molecule has 2 heterocycles. The van der Waals surface area contributed by atoms with Crippen LogP contribution in [0.4, 0.5) is 0 Å². The molecule has 53 heavy (non-hydrogen) atoms. The van der Waals surface area contributed by atoms with Crippen molar-refractivity contribution >= 4 is 5.97 Å². The van der Waals surface area contributed by atoms with Crippen LogP contribution in [0.5, 0.6) is 0 Å². The normalized spacial score (nSPS) is 55.1. The lowest BCUT2D eigenvalue weighted by Gasteiger charge is -2.71. The van der Waals surface area contributed by atoms with Crippen molar-refractivity contribution in [2.75, 3.05) is 13.2 Å². The fraction of sp³-hybridized carbons (Fsp3) is 0.927. The Hall–Kier alpha value is -1.19. The number of hydrogen-bond donors (Lipinski definition) is 7. The molecule has 7 aliphatic rings. The molecular weight excluding hydrogens is 684 g/mol. The Bertz CT molecular complexity index is 1440. The SMILES string of the molecule is C[C@@H]1O[C@@H](O[C@H]2[C@H](OC3CC[C@@]4(C)[C@@H](CC[C@]5(C)[C@@H]4CC=C4[C@@H]6CC(C)(C)CC[C@]6(C(=O)O)CC[C@]45C)[C@]3(C)CO)OC[C@H](O)[C@@H]2O)[C@H](O)[C@H](O)[C@H]1O. The lowest BCUT2D eigenvalue weighted by Crippen LogP contribution is -2.67. The summed E-state index contributed by atoms with van der Waals surface area (Å²) in [7, 11) is 0. The second kappa shape index (κ2) is 13.5. The number of ether oxygens (including phenoxy) is 4. The number of hydrogen-bond acceptors (Lipinski definition) is 11. The molecule has 2 saturated heterocycles. The Kier molecular flexibility index (Phi) is 10.2. The highest BCUT2D eigenvalue weighted by Gasteiger charge is 2.70. The van der Waals surface area contributed by atoms with Gasteiger partial charge in [-0.25, -0.2) is 0 Å². The zero-order valence-electron chi connectivity index (χ0n) is 32.7. The molecule has 6 fully saturated rings. The van der Waals surface area contributed by atoms with Crippen molar-refractivity contribution in [1.82, 2.24) is 0 Å². The van der Waals surface area contributed by atoms with Crippen molar-refractivity contribution < 1.29 is 59.5 Å². The molecule has 0 aromatic rings. The maximum atomic E-state index is 13.0. The van der Waals surface area contributed by atoms with Gasteiger partial charge in [-0.05, 0) is 111 Å². The van der Waals surface area contributed by atoms with Crippen molar-refractivity contribution in [1.29, 1.82) is 0 Å². The van der Waals surface area contributed by atoms with Gasteiger partial charge in [0.15, 0.2) is 12.6 Å². The summed E-state index contributed by atoms with van der Waals surface area (Å²) in [6.45, 7) is 15.1. The highest BCUT2D eigenvalue weighted by molar-refractivity contribution is 5.76. The quantitative estimate of drug-likeness (QED) is 0.155. The minimum atomic E-state index is -1.62. The molecule has 0 aromatic carbocycles. The fourth-order valence-electron chi connectivity index (χ4n) is 13.3. The van der Waals surface area contributed by atoms with E-state index in [1.165, 1.54) is 12.5 Å². The molecule has 0 bridgehead atoms. The topological polar surface area (TPSA) is 196 Å². The largest absolute Gasteiger partial charge is 0.481 e. The zero-order valence-corrected chi connectivity index (χ0v) is 32.7. The number of carboxylic acids is 1. The molecule has 2 aliphatic heterocycles. The van der Waals surface area contributed by atoms with Crippen LogP contribution in [0.1, 0.15) is 113 Å². The van der Waals surface area contributed by atoms with Gasteiger partial charge in [-0.2, -0.15) is 0 Å². The highest BCUT2D eigenvalue weighted by atomic mass is 16.8. The summed E-state index contributed by atoms with van der Waals surface area (Å²) in [6, 6.07) is 0. The molecule has 1 unspecified atom stereocenters. The molecule has 302 valence electrons. The average Bonchev–Trinajstić information content (AvgIpc) is 3.10. The van der Waals surface area contributed by atoms with E-state index in [0.717, 1.165) is 51.4 Å². The van der Waals surface area contributed by atoms with E-state index in [4.69, 9.17) is 18.9 Å². The van der Waals surface area contributed by atoms with Crippen molar-refractivity contribution in [3.05, 3.63) is 11.6 Å². The molecule has 0 spiro atoms. The first-order valence-electron chi connectivity index (χ1n) is 20.2. The molecule has 7 rings (SSSR count). The predicted octanol–water partition coefficient (Wildman–Crippen LogP) is 3.52. The predicted molar refractivity (Wildman–Crippen MR) is 192 cm³/mol. The lowest BCUT2D eigenvalue weighted by molar-refractivity contribution is -0.365. The van der Waals surface area contributed by atoms with Crippen LogP contribution in [0, 0.1) is 50.2 Å². The fourth-order valence-corrected chi connectivity index (χ4v) is 13.3. The number of carbonyl (C=O) groups is 1. The van der Waals surface area contributed by atoms with Crippen molar-refractivity contribution in [2.24, 2.45) is 50.2 Å². The van der Waals surface area contributed by atoms with E-state index in [9.17, 15) is 40.5 Å². The standard InChI is InChI=1S/C41H66O12/c1-21-28(44)30(46)31(47)33(51-21)53-32-29(45)24(43)19-50-34(32)52-27-11-12-37(4)25(38(27,5)20-42)10-13-40(7)26(37)9-8-22-23-18-36(2,3)14-16-41(23,35(48)49)17-15-39(22,40)6/h8,21,23-34,42-47H,9-20H2,1-7H3,(H,48,49)/t21-,23-,24-,25+,26+,27?,28-,29-,30+,31+,32+,33-,34-,37-,38-,39+,40+,41-/m0/s1. The zero-order chi connectivity index (χ0) is 38.7. The van der Waals surface area contributed by atoms with Gasteiger partial charge in [0.25, 0.3) is 0 Å². The van der Waals surface area contributed by atoms with Crippen LogP contribution in [0.15, 0.2) is 11.6 Å². The van der Waals surface area contributed by atoms with Crippen molar-refractivity contribution in [3.8, 4) is 0 Å². The van der Waals surface area contributed by atoms with Gasteiger partial charge >= 0.3 is 5.97 Å². The van der Waals surface area contributed by atoms with Crippen LogP contribution in [0.25, 0.3) is 0 Å². The molecular formula is C41H66O12. The maximum Gasteiger partial charge on any atom is 0.310 e. The Labute approximate surface area is 314 Å².